The van der Waals surface area contributed by atoms with E-state index in [1.165, 1.54) is 11.1 Å². The number of carbonyl (C=O) groups is 1. The highest BCUT2D eigenvalue weighted by Gasteiger charge is 2.20. The molecule has 116 valence electrons. The molecule has 2 atom stereocenters. The van der Waals surface area contributed by atoms with Crippen LogP contribution in [0.5, 0.6) is 0 Å². The van der Waals surface area contributed by atoms with Crippen molar-refractivity contribution in [1.29, 1.82) is 0 Å². The largest absolute Gasteiger partial charge is 0.396 e. The average Bonchev–Trinajstić information content (AvgIpc) is 2.88. The second-order valence-corrected chi connectivity index (χ2v) is 6.18. The average molecular weight is 290 g/mol. The summed E-state index contributed by atoms with van der Waals surface area (Å²) in [4.78, 5) is 11.8. The van der Waals surface area contributed by atoms with E-state index < -0.39 is 0 Å². The van der Waals surface area contributed by atoms with Crippen LogP contribution in [0, 0.1) is 11.8 Å². The van der Waals surface area contributed by atoms with Crippen LogP contribution in [-0.2, 0) is 12.8 Å². The van der Waals surface area contributed by atoms with Gasteiger partial charge in [0.05, 0.1) is 0 Å². The van der Waals surface area contributed by atoms with Gasteiger partial charge in [-0.1, -0.05) is 31.2 Å². The van der Waals surface area contributed by atoms with Crippen LogP contribution in [0.25, 0.3) is 0 Å². The molecule has 0 saturated heterocycles. The first-order valence-electron chi connectivity index (χ1n) is 7.82. The Kier molecular flexibility index (Phi) is 5.62. The van der Waals surface area contributed by atoms with Gasteiger partial charge in [-0.05, 0) is 49.1 Å². The van der Waals surface area contributed by atoms with Crippen molar-refractivity contribution in [3.8, 4) is 0 Å². The Morgan fingerprint density at radius 2 is 1.90 bits per heavy atom. The van der Waals surface area contributed by atoms with Crippen molar-refractivity contribution >= 4 is 6.03 Å². The van der Waals surface area contributed by atoms with Crippen molar-refractivity contribution in [3.05, 3.63) is 35.4 Å². The molecule has 1 aliphatic rings. The molecule has 0 saturated carbocycles. The van der Waals surface area contributed by atoms with Gasteiger partial charge in [0.15, 0.2) is 0 Å². The van der Waals surface area contributed by atoms with Crippen LogP contribution in [-0.4, -0.2) is 30.3 Å². The Morgan fingerprint density at radius 3 is 2.48 bits per heavy atom. The molecule has 21 heavy (non-hydrogen) atoms. The Balaban J connectivity index is 1.66. The lowest BCUT2D eigenvalue weighted by molar-refractivity contribution is 0.200. The van der Waals surface area contributed by atoms with Gasteiger partial charge in [-0.2, -0.15) is 0 Å². The Labute approximate surface area is 126 Å². The van der Waals surface area contributed by atoms with Crippen molar-refractivity contribution in [2.24, 2.45) is 11.8 Å². The summed E-state index contributed by atoms with van der Waals surface area (Å²) in [6, 6.07) is 8.43. The zero-order valence-corrected chi connectivity index (χ0v) is 12.9. The predicted molar refractivity (Wildman–Crippen MR) is 84.2 cm³/mol. The number of hydrogen-bond acceptors (Lipinski definition) is 2. The molecule has 4 nitrogen and oxygen atoms in total. The van der Waals surface area contributed by atoms with Crippen LogP contribution in [0.15, 0.2) is 24.3 Å². The molecule has 0 aromatic heterocycles. The summed E-state index contributed by atoms with van der Waals surface area (Å²) < 4.78 is 0. The van der Waals surface area contributed by atoms with E-state index in [0.717, 1.165) is 19.3 Å². The summed E-state index contributed by atoms with van der Waals surface area (Å²) in [7, 11) is 0. The highest BCUT2D eigenvalue weighted by Crippen LogP contribution is 2.28. The molecule has 0 spiro atoms. The predicted octanol–water partition coefficient (Wildman–Crippen LogP) is 2.11. The maximum atomic E-state index is 11.8. The van der Waals surface area contributed by atoms with Crippen LogP contribution in [0.2, 0.25) is 0 Å². The molecule has 0 aliphatic heterocycles. The molecule has 2 rings (SSSR count). The molecule has 0 heterocycles. The number of hydrogen-bond donors (Lipinski definition) is 3. The number of rotatable bonds is 6. The van der Waals surface area contributed by atoms with Crippen LogP contribution in [0.1, 0.15) is 31.4 Å². The van der Waals surface area contributed by atoms with E-state index in [4.69, 9.17) is 5.11 Å². The summed E-state index contributed by atoms with van der Waals surface area (Å²) in [5, 5.41) is 14.8. The monoisotopic (exact) mass is 290 g/mol. The lowest BCUT2D eigenvalue weighted by Gasteiger charge is -2.19. The third-order valence-corrected chi connectivity index (χ3v) is 4.47. The summed E-state index contributed by atoms with van der Waals surface area (Å²) in [6.07, 6.45) is 3.25. The lowest BCUT2D eigenvalue weighted by atomic mass is 10.0. The number of nitrogens with one attached hydrogen (secondary N) is 2. The fourth-order valence-electron chi connectivity index (χ4n) is 2.80. The standard InChI is InChI=1S/C17H26N2O2/c1-12(11-20)13(2)19-17(21)18-8-7-14-9-15-5-3-4-6-16(15)10-14/h3-6,12-14,20H,7-11H2,1-2H3,(H2,18,19,21). The molecule has 2 unspecified atom stereocenters. The summed E-state index contributed by atoms with van der Waals surface area (Å²) in [5.41, 5.74) is 2.91. The van der Waals surface area contributed by atoms with Crippen LogP contribution < -0.4 is 10.6 Å². The van der Waals surface area contributed by atoms with Gasteiger partial charge in [0.2, 0.25) is 0 Å². The summed E-state index contributed by atoms with van der Waals surface area (Å²) >= 11 is 0. The first kappa shape index (κ1) is 15.8. The fraction of sp³-hybridized carbons (Fsp3) is 0.588. The van der Waals surface area contributed by atoms with Crippen molar-refractivity contribution in [3.63, 3.8) is 0 Å². The number of aliphatic hydroxyl groups is 1. The summed E-state index contributed by atoms with van der Waals surface area (Å²) in [5.74, 6) is 0.705. The van der Waals surface area contributed by atoms with Crippen LogP contribution in [0.3, 0.4) is 0 Å². The third kappa shape index (κ3) is 4.46. The second-order valence-electron chi connectivity index (χ2n) is 6.18. The maximum Gasteiger partial charge on any atom is 0.315 e. The molecule has 0 fully saturated rings. The van der Waals surface area contributed by atoms with E-state index in [-0.39, 0.29) is 24.6 Å². The molecular formula is C17H26N2O2. The SMILES string of the molecule is CC(CO)C(C)NC(=O)NCCC1Cc2ccccc2C1. The first-order chi connectivity index (χ1) is 10.1. The minimum Gasteiger partial charge on any atom is -0.396 e. The Hall–Kier alpha value is -1.55. The zero-order chi connectivity index (χ0) is 15.2. The van der Waals surface area contributed by atoms with E-state index in [9.17, 15) is 4.79 Å². The van der Waals surface area contributed by atoms with Gasteiger partial charge in [0.1, 0.15) is 0 Å². The van der Waals surface area contributed by atoms with Gasteiger partial charge >= 0.3 is 6.03 Å². The third-order valence-electron chi connectivity index (χ3n) is 4.47. The lowest BCUT2D eigenvalue weighted by Crippen LogP contribution is -2.44. The number of fused-ring (bicyclic) bond motifs is 1. The Morgan fingerprint density at radius 1 is 1.29 bits per heavy atom. The molecule has 1 aromatic rings. The minimum absolute atomic E-state index is 0.0225. The molecule has 0 bridgehead atoms. The van der Waals surface area contributed by atoms with Gasteiger partial charge in [-0.15, -0.1) is 0 Å². The number of amides is 2. The van der Waals surface area contributed by atoms with Gasteiger partial charge in [0.25, 0.3) is 0 Å². The topological polar surface area (TPSA) is 61.4 Å². The van der Waals surface area contributed by atoms with Crippen LogP contribution in [0.4, 0.5) is 4.79 Å². The Bertz CT molecular complexity index is 451. The highest BCUT2D eigenvalue weighted by molar-refractivity contribution is 5.74. The summed E-state index contributed by atoms with van der Waals surface area (Å²) in [6.45, 7) is 4.61. The van der Waals surface area contributed by atoms with Crippen molar-refractivity contribution in [1.82, 2.24) is 10.6 Å². The maximum absolute atomic E-state index is 11.8. The van der Waals surface area contributed by atoms with Gasteiger partial charge in [-0.3, -0.25) is 0 Å². The molecule has 1 aliphatic carbocycles. The zero-order valence-electron chi connectivity index (χ0n) is 12.9. The van der Waals surface area contributed by atoms with E-state index in [1.807, 2.05) is 13.8 Å². The van der Waals surface area contributed by atoms with E-state index in [1.54, 1.807) is 0 Å². The highest BCUT2D eigenvalue weighted by atomic mass is 16.3. The van der Waals surface area contributed by atoms with E-state index in [0.29, 0.717) is 12.5 Å². The van der Waals surface area contributed by atoms with Crippen LogP contribution >= 0.6 is 0 Å². The van der Waals surface area contributed by atoms with Gasteiger partial charge in [-0.25, -0.2) is 4.79 Å². The van der Waals surface area contributed by atoms with Gasteiger partial charge in [0, 0.05) is 19.2 Å². The molecule has 0 radical (unpaired) electrons. The quantitative estimate of drug-likeness (QED) is 0.751. The van der Waals surface area contributed by atoms with Crippen molar-refractivity contribution in [2.75, 3.05) is 13.2 Å². The molecular weight excluding hydrogens is 264 g/mol. The second kappa shape index (κ2) is 7.46. The smallest absolute Gasteiger partial charge is 0.315 e. The molecule has 3 N–H and O–H groups in total. The minimum atomic E-state index is -0.140. The number of benzene rings is 1. The number of carbonyl (C=O) groups excluding carboxylic acids is 1. The van der Waals surface area contributed by atoms with E-state index >= 15 is 0 Å². The number of urea groups is 1. The van der Waals surface area contributed by atoms with Crippen molar-refractivity contribution < 1.29 is 9.90 Å². The first-order valence-corrected chi connectivity index (χ1v) is 7.82. The molecule has 1 aromatic carbocycles. The molecule has 4 heteroatoms. The van der Waals surface area contributed by atoms with Gasteiger partial charge < -0.3 is 15.7 Å². The number of aliphatic hydroxyl groups excluding tert-OH is 1. The van der Waals surface area contributed by atoms with E-state index in [2.05, 4.69) is 34.9 Å². The van der Waals surface area contributed by atoms with Crippen molar-refractivity contribution in [2.45, 2.75) is 39.2 Å². The fourth-order valence-corrected chi connectivity index (χ4v) is 2.80. The normalized spacial score (nSPS) is 17.1. The molecule has 2 amide bonds.